The van der Waals surface area contributed by atoms with E-state index >= 15 is 0 Å². The van der Waals surface area contributed by atoms with E-state index in [2.05, 4.69) is 11.4 Å². The van der Waals surface area contributed by atoms with Gasteiger partial charge in [-0.1, -0.05) is 44.0 Å². The van der Waals surface area contributed by atoms with Crippen molar-refractivity contribution in [3.8, 4) is 18.2 Å². The Morgan fingerprint density at radius 2 is 1.81 bits per heavy atom. The third-order valence-electron chi connectivity index (χ3n) is 4.24. The molecule has 0 amide bonds. The molecule has 0 saturated heterocycles. The van der Waals surface area contributed by atoms with Crippen LogP contribution in [0.15, 0.2) is 54.4 Å². The fraction of sp³-hybridized carbons (Fsp3) is 0.304. The number of sulfonamides is 1. The first kappa shape index (κ1) is 26.2. The summed E-state index contributed by atoms with van der Waals surface area (Å²) in [6, 6.07) is 14.3. The number of nitrogens with zero attached hydrogens (tertiary/aromatic N) is 2. The second-order valence-corrected chi connectivity index (χ2v) is 8.84. The van der Waals surface area contributed by atoms with E-state index in [9.17, 15) is 8.42 Å². The zero-order chi connectivity index (χ0) is 23.6. The minimum Gasteiger partial charge on any atom is -0.494 e. The number of rotatable bonds is 8. The van der Waals surface area contributed by atoms with Crippen molar-refractivity contribution in [3.05, 3.63) is 64.9 Å². The van der Waals surface area contributed by atoms with E-state index in [0.717, 1.165) is 11.4 Å². The lowest BCUT2D eigenvalue weighted by molar-refractivity contribution is 0.415. The average Bonchev–Trinajstić information content (AvgIpc) is 2.75. The van der Waals surface area contributed by atoms with Gasteiger partial charge < -0.3 is 15.0 Å². The maximum atomic E-state index is 12.8. The van der Waals surface area contributed by atoms with E-state index < -0.39 is 10.0 Å². The summed E-state index contributed by atoms with van der Waals surface area (Å²) in [4.78, 5) is 1.84. The Kier molecular flexibility index (Phi) is 10.3. The van der Waals surface area contributed by atoms with Crippen molar-refractivity contribution in [2.24, 2.45) is 0 Å². The SMILES string of the molecule is C#CN/C(C)=C\N(C)c1ccc(N(C)S(=O)(=O)Cc2ccc(Cl)cc2)cc1OC.CC. The molecule has 1 N–H and O–H groups in total. The monoisotopic (exact) mass is 463 g/mol. The Labute approximate surface area is 191 Å². The molecule has 168 valence electrons. The maximum Gasteiger partial charge on any atom is 0.239 e. The number of terminal acetylenes is 1. The van der Waals surface area contributed by atoms with Crippen LogP contribution in [0.4, 0.5) is 11.4 Å². The molecule has 6 nitrogen and oxygen atoms in total. The lowest BCUT2D eigenvalue weighted by Gasteiger charge is -2.23. The predicted octanol–water partition coefficient (Wildman–Crippen LogP) is 4.82. The fourth-order valence-electron chi connectivity index (χ4n) is 2.71. The van der Waals surface area contributed by atoms with Crippen LogP contribution in [0, 0.1) is 12.5 Å². The van der Waals surface area contributed by atoms with Crippen LogP contribution in [0.1, 0.15) is 26.3 Å². The molecule has 0 aromatic heterocycles. The number of hydrogen-bond acceptors (Lipinski definition) is 5. The van der Waals surface area contributed by atoms with Crippen LogP contribution < -0.4 is 19.3 Å². The number of anilines is 2. The van der Waals surface area contributed by atoms with Crippen molar-refractivity contribution in [2.45, 2.75) is 26.5 Å². The Morgan fingerprint density at radius 3 is 2.35 bits per heavy atom. The zero-order valence-electron chi connectivity index (χ0n) is 18.8. The largest absolute Gasteiger partial charge is 0.494 e. The van der Waals surface area contributed by atoms with Gasteiger partial charge in [-0.15, -0.1) is 0 Å². The summed E-state index contributed by atoms with van der Waals surface area (Å²) in [5, 5.41) is 3.33. The summed E-state index contributed by atoms with van der Waals surface area (Å²) >= 11 is 5.87. The minimum atomic E-state index is -3.59. The van der Waals surface area contributed by atoms with E-state index in [1.807, 2.05) is 38.9 Å². The van der Waals surface area contributed by atoms with Crippen LogP contribution >= 0.6 is 11.6 Å². The lowest BCUT2D eigenvalue weighted by Crippen LogP contribution is -2.28. The molecule has 2 aromatic rings. The van der Waals surface area contributed by atoms with E-state index in [1.54, 1.807) is 42.5 Å². The van der Waals surface area contributed by atoms with E-state index in [1.165, 1.54) is 18.5 Å². The molecule has 2 aromatic carbocycles. The van der Waals surface area contributed by atoms with Gasteiger partial charge in [0.1, 0.15) is 5.75 Å². The second-order valence-electron chi connectivity index (χ2n) is 6.40. The first-order valence-electron chi connectivity index (χ1n) is 9.70. The van der Waals surface area contributed by atoms with Gasteiger partial charge in [0.25, 0.3) is 0 Å². The Hall–Kier alpha value is -2.82. The van der Waals surface area contributed by atoms with Crippen LogP contribution in [0.2, 0.25) is 5.02 Å². The Morgan fingerprint density at radius 1 is 1.19 bits per heavy atom. The molecular formula is C23H30ClN3O3S. The van der Waals surface area contributed by atoms with Gasteiger partial charge in [-0.2, -0.15) is 0 Å². The summed E-state index contributed by atoms with van der Waals surface area (Å²) in [5.74, 6) is 0.396. The van der Waals surface area contributed by atoms with Crippen molar-refractivity contribution in [1.82, 2.24) is 5.32 Å². The van der Waals surface area contributed by atoms with Gasteiger partial charge in [0, 0.05) is 43.1 Å². The normalized spacial score (nSPS) is 11.0. The molecule has 0 fully saturated rings. The number of hydrogen-bond donors (Lipinski definition) is 1. The van der Waals surface area contributed by atoms with Gasteiger partial charge in [0.15, 0.2) is 0 Å². The maximum absolute atomic E-state index is 12.8. The number of allylic oxidation sites excluding steroid dienone is 1. The van der Waals surface area contributed by atoms with Gasteiger partial charge in [0.2, 0.25) is 10.0 Å². The quantitative estimate of drug-likeness (QED) is 0.449. The van der Waals surface area contributed by atoms with Crippen LogP contribution in [-0.2, 0) is 15.8 Å². The Bertz CT molecular complexity index is 1030. The van der Waals surface area contributed by atoms with Gasteiger partial charge in [-0.3, -0.25) is 4.31 Å². The minimum absolute atomic E-state index is 0.135. The molecule has 31 heavy (non-hydrogen) atoms. The summed E-state index contributed by atoms with van der Waals surface area (Å²) in [7, 11) is 1.32. The summed E-state index contributed by atoms with van der Waals surface area (Å²) in [6.45, 7) is 5.84. The van der Waals surface area contributed by atoms with Crippen LogP contribution in [0.3, 0.4) is 0 Å². The molecule has 0 spiro atoms. The molecule has 0 heterocycles. The molecule has 8 heteroatoms. The number of nitrogens with one attached hydrogen (secondary N) is 1. The van der Waals surface area contributed by atoms with Gasteiger partial charge in [-0.05, 0) is 36.8 Å². The van der Waals surface area contributed by atoms with Crippen molar-refractivity contribution in [1.29, 1.82) is 0 Å². The molecule has 0 saturated carbocycles. The molecule has 0 unspecified atom stereocenters. The number of methoxy groups -OCH3 is 1. The molecule has 0 aliphatic rings. The molecule has 0 aliphatic heterocycles. The second kappa shape index (κ2) is 12.1. The summed E-state index contributed by atoms with van der Waals surface area (Å²) < 4.78 is 32.4. The van der Waals surface area contributed by atoms with E-state index in [4.69, 9.17) is 22.8 Å². The lowest BCUT2D eigenvalue weighted by atomic mass is 10.2. The third kappa shape index (κ3) is 7.42. The Balaban J connectivity index is 0.00000233. The molecule has 0 aliphatic carbocycles. The number of benzene rings is 2. The molecule has 2 rings (SSSR count). The molecule has 0 bridgehead atoms. The van der Waals surface area contributed by atoms with Gasteiger partial charge in [0.05, 0.1) is 24.2 Å². The van der Waals surface area contributed by atoms with Crippen molar-refractivity contribution in [2.75, 3.05) is 30.4 Å². The molecule has 0 radical (unpaired) electrons. The summed E-state index contributed by atoms with van der Waals surface area (Å²) in [6.07, 6.45) is 7.06. The first-order valence-corrected chi connectivity index (χ1v) is 11.7. The topological polar surface area (TPSA) is 61.9 Å². The predicted molar refractivity (Wildman–Crippen MR) is 131 cm³/mol. The standard InChI is InChI=1S/C21H24ClN3O3S.C2H6/c1-6-23-16(2)14-24(3)20-12-11-19(13-21(20)28-5)25(4)29(26,27)15-17-7-9-18(22)10-8-17;1-2/h1,7-14,23H,15H2,2-5H3;1-2H3/b16-14-;. The zero-order valence-corrected chi connectivity index (χ0v) is 20.4. The smallest absolute Gasteiger partial charge is 0.239 e. The van der Waals surface area contributed by atoms with Crippen LogP contribution in [0.5, 0.6) is 5.75 Å². The van der Waals surface area contributed by atoms with Gasteiger partial charge >= 0.3 is 0 Å². The highest BCUT2D eigenvalue weighted by Gasteiger charge is 2.21. The van der Waals surface area contributed by atoms with Gasteiger partial charge in [-0.25, -0.2) is 8.42 Å². The highest BCUT2D eigenvalue weighted by molar-refractivity contribution is 7.92. The van der Waals surface area contributed by atoms with Crippen LogP contribution in [0.25, 0.3) is 0 Å². The highest BCUT2D eigenvalue weighted by Crippen LogP contribution is 2.33. The average molecular weight is 464 g/mol. The highest BCUT2D eigenvalue weighted by atomic mass is 35.5. The molecular weight excluding hydrogens is 434 g/mol. The van der Waals surface area contributed by atoms with Crippen LogP contribution in [-0.4, -0.2) is 29.6 Å². The van der Waals surface area contributed by atoms with E-state index in [0.29, 0.717) is 22.0 Å². The third-order valence-corrected chi connectivity index (χ3v) is 6.24. The first-order chi connectivity index (χ1) is 14.7. The number of halogens is 1. The van der Waals surface area contributed by atoms with Crippen molar-refractivity contribution in [3.63, 3.8) is 0 Å². The summed E-state index contributed by atoms with van der Waals surface area (Å²) in [5.41, 5.74) is 2.70. The molecule has 0 atom stereocenters. The van der Waals surface area contributed by atoms with Crippen molar-refractivity contribution >= 4 is 33.0 Å². The number of ether oxygens (including phenoxy) is 1. The fourth-order valence-corrected chi connectivity index (χ4v) is 4.08. The van der Waals surface area contributed by atoms with E-state index in [-0.39, 0.29) is 5.75 Å². The van der Waals surface area contributed by atoms with Crippen molar-refractivity contribution < 1.29 is 13.2 Å².